The van der Waals surface area contributed by atoms with Crippen LogP contribution in [0.1, 0.15) is 18.5 Å². The summed E-state index contributed by atoms with van der Waals surface area (Å²) in [6.45, 7) is 3.00. The normalized spacial score (nSPS) is 18.1. The molecule has 28 heavy (non-hydrogen) atoms. The van der Waals surface area contributed by atoms with Gasteiger partial charge in [0.1, 0.15) is 17.1 Å². The highest BCUT2D eigenvalue weighted by Crippen LogP contribution is 2.43. The number of hydrogen-bond acceptors (Lipinski definition) is 5. The summed E-state index contributed by atoms with van der Waals surface area (Å²) in [5.41, 5.74) is 4.44. The van der Waals surface area contributed by atoms with Gasteiger partial charge >= 0.3 is 0 Å². The Morgan fingerprint density at radius 1 is 1.29 bits per heavy atom. The third-order valence-electron chi connectivity index (χ3n) is 5.47. The molecule has 3 heterocycles. The summed E-state index contributed by atoms with van der Waals surface area (Å²) in [5.74, 6) is -0.990. The van der Waals surface area contributed by atoms with Crippen molar-refractivity contribution in [3.05, 3.63) is 36.3 Å². The van der Waals surface area contributed by atoms with Crippen molar-refractivity contribution in [2.75, 3.05) is 24.0 Å². The Morgan fingerprint density at radius 2 is 2.11 bits per heavy atom. The SMILES string of the molecule is Cc1nc(Nc2ccc3c(c2)OCN3C)cc2c1ncn2CC1CC(F)(F)C1. The van der Waals surface area contributed by atoms with Crippen molar-refractivity contribution in [3.8, 4) is 5.75 Å². The predicted molar refractivity (Wildman–Crippen MR) is 104 cm³/mol. The zero-order valence-electron chi connectivity index (χ0n) is 15.7. The van der Waals surface area contributed by atoms with E-state index in [1.165, 1.54) is 0 Å². The first kappa shape index (κ1) is 17.2. The van der Waals surface area contributed by atoms with Crippen LogP contribution in [0.3, 0.4) is 0 Å². The first-order valence-electron chi connectivity index (χ1n) is 9.33. The van der Waals surface area contributed by atoms with E-state index >= 15 is 0 Å². The Balaban J connectivity index is 1.41. The Labute approximate surface area is 161 Å². The number of benzene rings is 1. The number of anilines is 3. The van der Waals surface area contributed by atoms with E-state index in [1.807, 2.05) is 47.7 Å². The Kier molecular flexibility index (Phi) is 3.72. The van der Waals surface area contributed by atoms with Gasteiger partial charge < -0.3 is 19.5 Å². The fourth-order valence-corrected chi connectivity index (χ4v) is 4.03. The van der Waals surface area contributed by atoms with E-state index in [4.69, 9.17) is 4.74 Å². The van der Waals surface area contributed by atoms with Gasteiger partial charge in [0, 0.05) is 44.3 Å². The molecule has 0 saturated heterocycles. The Morgan fingerprint density at radius 3 is 2.89 bits per heavy atom. The van der Waals surface area contributed by atoms with Gasteiger partial charge in [-0.2, -0.15) is 0 Å². The van der Waals surface area contributed by atoms with E-state index in [9.17, 15) is 8.78 Å². The zero-order chi connectivity index (χ0) is 19.5. The number of halogens is 2. The van der Waals surface area contributed by atoms with Crippen LogP contribution in [-0.2, 0) is 6.54 Å². The van der Waals surface area contributed by atoms with Crippen LogP contribution in [-0.4, -0.2) is 34.2 Å². The first-order chi connectivity index (χ1) is 13.4. The van der Waals surface area contributed by atoms with Gasteiger partial charge in [0.2, 0.25) is 5.92 Å². The molecule has 0 amide bonds. The highest BCUT2D eigenvalue weighted by Gasteiger charge is 2.45. The van der Waals surface area contributed by atoms with Crippen molar-refractivity contribution in [2.24, 2.45) is 5.92 Å². The fourth-order valence-electron chi connectivity index (χ4n) is 4.03. The Hall–Kier alpha value is -2.90. The number of nitrogens with one attached hydrogen (secondary N) is 1. The van der Waals surface area contributed by atoms with E-state index in [0.29, 0.717) is 19.1 Å². The van der Waals surface area contributed by atoms with E-state index in [-0.39, 0.29) is 18.8 Å². The molecule has 0 unspecified atom stereocenters. The monoisotopic (exact) mass is 385 g/mol. The first-order valence-corrected chi connectivity index (χ1v) is 9.33. The molecule has 2 aliphatic rings. The molecular weight excluding hydrogens is 364 g/mol. The molecule has 8 heteroatoms. The molecule has 5 rings (SSSR count). The lowest BCUT2D eigenvalue weighted by Crippen LogP contribution is -2.37. The number of hydrogen-bond donors (Lipinski definition) is 1. The van der Waals surface area contributed by atoms with Crippen molar-refractivity contribution in [2.45, 2.75) is 32.2 Å². The summed E-state index contributed by atoms with van der Waals surface area (Å²) >= 11 is 0. The summed E-state index contributed by atoms with van der Waals surface area (Å²) in [6, 6.07) is 7.87. The summed E-state index contributed by atoms with van der Waals surface area (Å²) in [6.07, 6.45) is 1.62. The topological polar surface area (TPSA) is 55.2 Å². The zero-order valence-corrected chi connectivity index (χ0v) is 15.7. The molecular formula is C20H21F2N5O. The highest BCUT2D eigenvalue weighted by molar-refractivity contribution is 5.81. The molecule has 2 aromatic heterocycles. The molecule has 0 atom stereocenters. The van der Waals surface area contributed by atoms with Crippen LogP contribution in [0.15, 0.2) is 30.6 Å². The molecule has 1 aliphatic heterocycles. The largest absolute Gasteiger partial charge is 0.471 e. The van der Waals surface area contributed by atoms with E-state index < -0.39 is 5.92 Å². The minimum atomic E-state index is -2.51. The number of nitrogens with zero attached hydrogens (tertiary/aromatic N) is 4. The van der Waals surface area contributed by atoms with Gasteiger partial charge in [0.15, 0.2) is 6.73 Å². The molecule has 1 fully saturated rings. The minimum Gasteiger partial charge on any atom is -0.471 e. The third-order valence-corrected chi connectivity index (χ3v) is 5.47. The lowest BCUT2D eigenvalue weighted by molar-refractivity contribution is -0.113. The Bertz CT molecular complexity index is 1060. The summed E-state index contributed by atoms with van der Waals surface area (Å²) < 4.78 is 33.9. The molecule has 3 aromatic rings. The maximum absolute atomic E-state index is 13.2. The lowest BCUT2D eigenvalue weighted by atomic mass is 9.81. The lowest BCUT2D eigenvalue weighted by Gasteiger charge is -2.35. The van der Waals surface area contributed by atoms with E-state index in [2.05, 4.69) is 15.3 Å². The van der Waals surface area contributed by atoms with E-state index in [1.54, 1.807) is 6.33 Å². The van der Waals surface area contributed by atoms with Crippen LogP contribution in [0, 0.1) is 12.8 Å². The number of aryl methyl sites for hydroxylation is 1. The second-order valence-electron chi connectivity index (χ2n) is 7.77. The average molecular weight is 385 g/mol. The highest BCUT2D eigenvalue weighted by atomic mass is 19.3. The summed E-state index contributed by atoms with van der Waals surface area (Å²) in [7, 11) is 1.98. The number of rotatable bonds is 4. The molecule has 1 N–H and O–H groups in total. The summed E-state index contributed by atoms with van der Waals surface area (Å²) in [4.78, 5) is 11.1. The van der Waals surface area contributed by atoms with Crippen LogP contribution in [0.2, 0.25) is 0 Å². The van der Waals surface area contributed by atoms with Gasteiger partial charge in [-0.05, 0) is 25.0 Å². The van der Waals surface area contributed by atoms with Crippen molar-refractivity contribution in [1.82, 2.24) is 14.5 Å². The van der Waals surface area contributed by atoms with Crippen LogP contribution in [0.4, 0.5) is 26.0 Å². The van der Waals surface area contributed by atoms with Crippen molar-refractivity contribution < 1.29 is 13.5 Å². The van der Waals surface area contributed by atoms with Gasteiger partial charge in [-0.25, -0.2) is 18.7 Å². The van der Waals surface area contributed by atoms with Gasteiger partial charge in [0.25, 0.3) is 0 Å². The van der Waals surface area contributed by atoms with Crippen LogP contribution in [0.25, 0.3) is 11.0 Å². The predicted octanol–water partition coefficient (Wildman–Crippen LogP) is 4.31. The molecule has 1 saturated carbocycles. The second kappa shape index (κ2) is 6.05. The maximum Gasteiger partial charge on any atom is 0.248 e. The van der Waals surface area contributed by atoms with Gasteiger partial charge in [-0.3, -0.25) is 0 Å². The number of imidazole rings is 1. The maximum atomic E-state index is 13.2. The molecule has 0 spiro atoms. The molecule has 6 nitrogen and oxygen atoms in total. The molecule has 0 radical (unpaired) electrons. The number of ether oxygens (including phenoxy) is 1. The summed E-state index contributed by atoms with van der Waals surface area (Å²) in [5, 5.41) is 3.32. The molecule has 1 aromatic carbocycles. The number of aromatic nitrogens is 3. The van der Waals surface area contributed by atoms with Crippen molar-refractivity contribution in [3.63, 3.8) is 0 Å². The smallest absolute Gasteiger partial charge is 0.248 e. The van der Waals surface area contributed by atoms with Crippen LogP contribution < -0.4 is 15.0 Å². The van der Waals surface area contributed by atoms with Crippen molar-refractivity contribution in [1.29, 1.82) is 0 Å². The molecule has 0 bridgehead atoms. The number of alkyl halides is 2. The average Bonchev–Trinajstić information content (AvgIpc) is 3.18. The minimum absolute atomic E-state index is 0.0110. The second-order valence-corrected chi connectivity index (χ2v) is 7.77. The fraction of sp³-hybridized carbons (Fsp3) is 0.400. The molecule has 1 aliphatic carbocycles. The van der Waals surface area contributed by atoms with Gasteiger partial charge in [0.05, 0.1) is 23.2 Å². The third kappa shape index (κ3) is 2.93. The van der Waals surface area contributed by atoms with Gasteiger partial charge in [-0.15, -0.1) is 0 Å². The molecule has 146 valence electrons. The van der Waals surface area contributed by atoms with Gasteiger partial charge in [-0.1, -0.05) is 0 Å². The van der Waals surface area contributed by atoms with E-state index in [0.717, 1.165) is 33.9 Å². The number of pyridine rings is 1. The number of fused-ring (bicyclic) bond motifs is 2. The quantitative estimate of drug-likeness (QED) is 0.725. The van der Waals surface area contributed by atoms with Crippen LogP contribution >= 0.6 is 0 Å². The van der Waals surface area contributed by atoms with Crippen LogP contribution in [0.5, 0.6) is 5.75 Å². The van der Waals surface area contributed by atoms with Crippen molar-refractivity contribution >= 4 is 28.2 Å². The standard InChI is InChI=1S/C20H21F2N5O/c1-12-19-16(27(10-23-19)9-13-7-20(21,22)8-13)6-18(24-12)25-14-3-4-15-17(5-14)28-11-26(15)2/h3-6,10,13H,7-9,11H2,1-2H3,(H,24,25).